The Morgan fingerprint density at radius 2 is 1.55 bits per heavy atom. The highest BCUT2D eigenvalue weighted by atomic mass is 19.1. The molecule has 4 amide bonds. The topological polar surface area (TPSA) is 104 Å². The summed E-state index contributed by atoms with van der Waals surface area (Å²) in [5.74, 6) is -1.70. The van der Waals surface area contributed by atoms with Crippen LogP contribution in [0.3, 0.4) is 0 Å². The van der Waals surface area contributed by atoms with Gasteiger partial charge in [-0.2, -0.15) is 0 Å². The van der Waals surface area contributed by atoms with Crippen LogP contribution >= 0.6 is 0 Å². The SMILES string of the molecule is C[C@@]1(c2ccc(CNC(=O)c3ccccc3C(=O)c3ccc(F)cc3)cc2)NC(=O)NC1=O. The first-order valence-corrected chi connectivity index (χ1v) is 10.2. The van der Waals surface area contributed by atoms with Gasteiger partial charge in [0.1, 0.15) is 11.4 Å². The first-order valence-electron chi connectivity index (χ1n) is 10.2. The lowest BCUT2D eigenvalue weighted by atomic mass is 9.91. The number of carbonyl (C=O) groups is 4. The molecule has 1 aliphatic heterocycles. The molecule has 0 unspecified atom stereocenters. The van der Waals surface area contributed by atoms with Crippen LogP contribution in [0.15, 0.2) is 72.8 Å². The number of benzene rings is 3. The summed E-state index contributed by atoms with van der Waals surface area (Å²) in [7, 11) is 0. The fourth-order valence-electron chi connectivity index (χ4n) is 3.62. The maximum Gasteiger partial charge on any atom is 0.322 e. The molecule has 1 saturated heterocycles. The predicted octanol–water partition coefficient (Wildman–Crippen LogP) is 3.04. The molecule has 0 spiro atoms. The zero-order valence-electron chi connectivity index (χ0n) is 17.6. The normalized spacial score (nSPS) is 17.3. The van der Waals surface area contributed by atoms with Gasteiger partial charge in [-0.3, -0.25) is 19.7 Å². The summed E-state index contributed by atoms with van der Waals surface area (Å²) in [4.78, 5) is 49.2. The molecule has 0 aliphatic carbocycles. The Morgan fingerprint density at radius 1 is 0.909 bits per heavy atom. The number of hydrogen-bond acceptors (Lipinski definition) is 4. The second-order valence-electron chi connectivity index (χ2n) is 7.79. The molecule has 3 aromatic rings. The number of carbonyl (C=O) groups excluding carboxylic acids is 4. The van der Waals surface area contributed by atoms with Crippen LogP contribution in [-0.2, 0) is 16.9 Å². The van der Waals surface area contributed by atoms with Crippen LogP contribution in [0.1, 0.15) is 44.3 Å². The van der Waals surface area contributed by atoms with Crippen LogP contribution in [0.25, 0.3) is 0 Å². The first-order chi connectivity index (χ1) is 15.8. The van der Waals surface area contributed by atoms with Gasteiger partial charge in [0.25, 0.3) is 11.8 Å². The third-order valence-corrected chi connectivity index (χ3v) is 5.55. The van der Waals surface area contributed by atoms with Crippen LogP contribution in [0.4, 0.5) is 9.18 Å². The van der Waals surface area contributed by atoms with Crippen molar-refractivity contribution >= 4 is 23.6 Å². The van der Waals surface area contributed by atoms with E-state index in [4.69, 9.17) is 0 Å². The molecule has 0 saturated carbocycles. The second-order valence-corrected chi connectivity index (χ2v) is 7.79. The van der Waals surface area contributed by atoms with Crippen LogP contribution < -0.4 is 16.0 Å². The molecule has 0 aromatic heterocycles. The van der Waals surface area contributed by atoms with Crippen LogP contribution in [0.5, 0.6) is 0 Å². The minimum absolute atomic E-state index is 0.188. The highest BCUT2D eigenvalue weighted by molar-refractivity contribution is 6.15. The molecule has 0 radical (unpaired) electrons. The lowest BCUT2D eigenvalue weighted by Gasteiger charge is -2.21. The second kappa shape index (κ2) is 8.66. The highest BCUT2D eigenvalue weighted by Crippen LogP contribution is 2.24. The minimum atomic E-state index is -1.15. The molecule has 166 valence electrons. The van der Waals surface area contributed by atoms with E-state index in [2.05, 4.69) is 16.0 Å². The predicted molar refractivity (Wildman–Crippen MR) is 118 cm³/mol. The van der Waals surface area contributed by atoms with E-state index >= 15 is 0 Å². The lowest BCUT2D eigenvalue weighted by molar-refractivity contribution is -0.123. The zero-order valence-corrected chi connectivity index (χ0v) is 17.6. The molecule has 0 bridgehead atoms. The molecule has 4 rings (SSSR count). The number of rotatable bonds is 6. The quantitative estimate of drug-likeness (QED) is 0.401. The maximum absolute atomic E-state index is 13.2. The number of ketones is 1. The third-order valence-electron chi connectivity index (χ3n) is 5.55. The molecule has 7 nitrogen and oxygen atoms in total. The monoisotopic (exact) mass is 445 g/mol. The number of urea groups is 1. The van der Waals surface area contributed by atoms with Gasteiger partial charge >= 0.3 is 6.03 Å². The van der Waals surface area contributed by atoms with Crippen LogP contribution in [-0.4, -0.2) is 23.6 Å². The van der Waals surface area contributed by atoms with Crippen molar-refractivity contribution < 1.29 is 23.6 Å². The summed E-state index contributed by atoms with van der Waals surface area (Å²) < 4.78 is 13.2. The van der Waals surface area contributed by atoms with Crippen molar-refractivity contribution in [1.29, 1.82) is 0 Å². The number of nitrogens with one attached hydrogen (secondary N) is 3. The number of imide groups is 1. The summed E-state index contributed by atoms with van der Waals surface area (Å²) in [5.41, 5.74) is 0.926. The summed E-state index contributed by atoms with van der Waals surface area (Å²) in [6.45, 7) is 1.80. The summed E-state index contributed by atoms with van der Waals surface area (Å²) >= 11 is 0. The van der Waals surface area contributed by atoms with E-state index in [-0.39, 0.29) is 29.0 Å². The van der Waals surface area contributed by atoms with E-state index in [0.717, 1.165) is 5.56 Å². The number of hydrogen-bond donors (Lipinski definition) is 3. The zero-order chi connectivity index (χ0) is 23.6. The van der Waals surface area contributed by atoms with Gasteiger partial charge in [0.15, 0.2) is 5.78 Å². The molecule has 1 fully saturated rings. The molecule has 1 heterocycles. The van der Waals surface area contributed by atoms with Gasteiger partial charge in [0.2, 0.25) is 0 Å². The Bertz CT molecular complexity index is 1260. The fourth-order valence-corrected chi connectivity index (χ4v) is 3.62. The van der Waals surface area contributed by atoms with Crippen molar-refractivity contribution in [3.8, 4) is 0 Å². The van der Waals surface area contributed by atoms with E-state index in [1.165, 1.54) is 24.3 Å². The van der Waals surface area contributed by atoms with Crippen molar-refractivity contribution in [1.82, 2.24) is 16.0 Å². The Labute approximate surface area is 189 Å². The van der Waals surface area contributed by atoms with Crippen molar-refractivity contribution in [2.75, 3.05) is 0 Å². The molecule has 3 aromatic carbocycles. The van der Waals surface area contributed by atoms with Gasteiger partial charge in [-0.15, -0.1) is 0 Å². The first kappa shape index (κ1) is 21.9. The Kier molecular flexibility index (Phi) is 5.74. The average Bonchev–Trinajstić information content (AvgIpc) is 3.09. The van der Waals surface area contributed by atoms with Gasteiger partial charge in [0, 0.05) is 17.7 Å². The van der Waals surface area contributed by atoms with Gasteiger partial charge < -0.3 is 10.6 Å². The van der Waals surface area contributed by atoms with Crippen molar-refractivity contribution in [2.24, 2.45) is 0 Å². The summed E-state index contributed by atoms with van der Waals surface area (Å²) in [6.07, 6.45) is 0. The molecule has 33 heavy (non-hydrogen) atoms. The average molecular weight is 445 g/mol. The van der Waals surface area contributed by atoms with Crippen LogP contribution in [0.2, 0.25) is 0 Å². The molecule has 1 aliphatic rings. The van der Waals surface area contributed by atoms with E-state index < -0.39 is 29.2 Å². The van der Waals surface area contributed by atoms with Crippen LogP contribution in [0, 0.1) is 5.82 Å². The lowest BCUT2D eigenvalue weighted by Crippen LogP contribution is -2.40. The smallest absolute Gasteiger partial charge is 0.322 e. The van der Waals surface area contributed by atoms with Gasteiger partial charge in [-0.1, -0.05) is 42.5 Å². The standard InChI is InChI=1S/C25H20FN3O4/c1-25(23(32)28-24(33)29-25)17-10-6-15(7-11-17)14-27-22(31)20-5-3-2-4-19(20)21(30)16-8-12-18(26)13-9-16/h2-13H,14H2,1H3,(H,27,31)(H2,28,29,32,33)/t25-/m0/s1. The van der Waals surface area contributed by atoms with Gasteiger partial charge in [-0.05, 0) is 48.4 Å². The van der Waals surface area contributed by atoms with E-state index in [0.29, 0.717) is 5.56 Å². The molecular weight excluding hydrogens is 425 g/mol. The van der Waals surface area contributed by atoms with E-state index in [9.17, 15) is 23.6 Å². The Morgan fingerprint density at radius 3 is 2.15 bits per heavy atom. The summed E-state index contributed by atoms with van der Waals surface area (Å²) in [6, 6.07) is 17.9. The largest absolute Gasteiger partial charge is 0.348 e. The Hall–Kier alpha value is -4.33. The maximum atomic E-state index is 13.2. The molecule has 8 heteroatoms. The number of amides is 4. The molecule has 3 N–H and O–H groups in total. The van der Waals surface area contributed by atoms with Crippen molar-refractivity contribution in [2.45, 2.75) is 19.0 Å². The third kappa shape index (κ3) is 4.36. The van der Waals surface area contributed by atoms with Gasteiger partial charge in [0.05, 0.1) is 5.56 Å². The molecule has 1 atom stereocenters. The van der Waals surface area contributed by atoms with Crippen molar-refractivity contribution in [3.05, 3.63) is 106 Å². The number of halogens is 1. The van der Waals surface area contributed by atoms with E-state index in [1.807, 2.05) is 0 Å². The summed E-state index contributed by atoms with van der Waals surface area (Å²) in [5, 5.41) is 7.60. The fraction of sp³-hybridized carbons (Fsp3) is 0.120. The van der Waals surface area contributed by atoms with Gasteiger partial charge in [-0.25, -0.2) is 9.18 Å². The highest BCUT2D eigenvalue weighted by Gasteiger charge is 2.43. The minimum Gasteiger partial charge on any atom is -0.348 e. The molecular formula is C25H20FN3O4. The van der Waals surface area contributed by atoms with Crippen molar-refractivity contribution in [3.63, 3.8) is 0 Å². The Balaban J connectivity index is 1.47. The van der Waals surface area contributed by atoms with E-state index in [1.54, 1.807) is 55.5 Å².